The van der Waals surface area contributed by atoms with E-state index in [4.69, 9.17) is 0 Å². The first-order valence-electron chi connectivity index (χ1n) is 5.40. The predicted molar refractivity (Wildman–Crippen MR) is 60.8 cm³/mol. The third-order valence-corrected chi connectivity index (χ3v) is 3.15. The van der Waals surface area contributed by atoms with Crippen LogP contribution < -0.4 is 0 Å². The van der Waals surface area contributed by atoms with Crippen molar-refractivity contribution in [1.29, 1.82) is 0 Å². The second-order valence-electron chi connectivity index (χ2n) is 4.14. The second kappa shape index (κ2) is 3.50. The minimum atomic E-state index is 0.718. The van der Waals surface area contributed by atoms with E-state index in [0.717, 1.165) is 11.8 Å². The van der Waals surface area contributed by atoms with Gasteiger partial charge in [-0.2, -0.15) is 0 Å². The smallest absolute Gasteiger partial charge is 0.0270 e. The molecule has 0 amide bonds. The van der Waals surface area contributed by atoms with Crippen molar-refractivity contribution in [3.63, 3.8) is 0 Å². The monoisotopic (exact) mass is 195 g/mol. The topological polar surface area (TPSA) is 12.9 Å². The molecule has 0 radical (unpaired) electrons. The SMILES string of the molecule is c1ccc(C2CC2c2ccncc2)cc1. The van der Waals surface area contributed by atoms with E-state index in [1.54, 1.807) is 0 Å². The molecule has 0 N–H and O–H groups in total. The molecule has 74 valence electrons. The molecule has 1 heteroatoms. The third-order valence-electron chi connectivity index (χ3n) is 3.15. The molecular weight excluding hydrogens is 182 g/mol. The highest BCUT2D eigenvalue weighted by Gasteiger charge is 2.38. The van der Waals surface area contributed by atoms with Gasteiger partial charge in [0.25, 0.3) is 0 Å². The summed E-state index contributed by atoms with van der Waals surface area (Å²) in [6, 6.07) is 15.0. The minimum Gasteiger partial charge on any atom is -0.265 e. The molecule has 3 rings (SSSR count). The predicted octanol–water partition coefficient (Wildman–Crippen LogP) is 3.35. The van der Waals surface area contributed by atoms with Crippen LogP contribution in [0.25, 0.3) is 0 Å². The van der Waals surface area contributed by atoms with Crippen LogP contribution >= 0.6 is 0 Å². The molecule has 1 aromatic carbocycles. The van der Waals surface area contributed by atoms with Crippen LogP contribution in [-0.4, -0.2) is 4.98 Å². The van der Waals surface area contributed by atoms with Crippen molar-refractivity contribution in [2.24, 2.45) is 0 Å². The molecule has 1 heterocycles. The number of rotatable bonds is 2. The Morgan fingerprint density at radius 2 is 1.40 bits per heavy atom. The van der Waals surface area contributed by atoms with Gasteiger partial charge in [-0.1, -0.05) is 30.3 Å². The molecule has 1 nitrogen and oxygen atoms in total. The van der Waals surface area contributed by atoms with Gasteiger partial charge >= 0.3 is 0 Å². The van der Waals surface area contributed by atoms with Gasteiger partial charge in [-0.15, -0.1) is 0 Å². The van der Waals surface area contributed by atoms with Gasteiger partial charge < -0.3 is 0 Å². The number of benzene rings is 1. The Bertz CT molecular complexity index is 392. The Hall–Kier alpha value is -1.63. The van der Waals surface area contributed by atoms with Crippen LogP contribution in [0.3, 0.4) is 0 Å². The normalized spacial score (nSPS) is 23.7. The summed E-state index contributed by atoms with van der Waals surface area (Å²) < 4.78 is 0. The Balaban J connectivity index is 1.81. The molecule has 1 aliphatic rings. The zero-order valence-electron chi connectivity index (χ0n) is 8.51. The lowest BCUT2D eigenvalue weighted by Crippen LogP contribution is -1.84. The summed E-state index contributed by atoms with van der Waals surface area (Å²) in [7, 11) is 0. The second-order valence-corrected chi connectivity index (χ2v) is 4.14. The van der Waals surface area contributed by atoms with Gasteiger partial charge in [0.15, 0.2) is 0 Å². The number of aromatic nitrogens is 1. The van der Waals surface area contributed by atoms with Gasteiger partial charge in [-0.05, 0) is 41.5 Å². The molecule has 0 bridgehead atoms. The summed E-state index contributed by atoms with van der Waals surface area (Å²) >= 11 is 0. The molecule has 0 saturated heterocycles. The molecule has 0 spiro atoms. The lowest BCUT2D eigenvalue weighted by atomic mass is 10.1. The first-order valence-corrected chi connectivity index (χ1v) is 5.40. The molecule has 1 aliphatic carbocycles. The zero-order valence-corrected chi connectivity index (χ0v) is 8.51. The van der Waals surface area contributed by atoms with E-state index >= 15 is 0 Å². The molecule has 2 atom stereocenters. The molecule has 2 aromatic rings. The van der Waals surface area contributed by atoms with Gasteiger partial charge in [0, 0.05) is 12.4 Å². The molecule has 0 aliphatic heterocycles. The first kappa shape index (κ1) is 8.66. The van der Waals surface area contributed by atoms with Crippen molar-refractivity contribution in [2.75, 3.05) is 0 Å². The fourth-order valence-corrected chi connectivity index (χ4v) is 2.24. The third kappa shape index (κ3) is 1.65. The summed E-state index contributed by atoms with van der Waals surface area (Å²) in [5, 5.41) is 0. The van der Waals surface area contributed by atoms with Crippen molar-refractivity contribution >= 4 is 0 Å². The maximum absolute atomic E-state index is 4.05. The Morgan fingerprint density at radius 3 is 2.07 bits per heavy atom. The van der Waals surface area contributed by atoms with E-state index in [-0.39, 0.29) is 0 Å². The molecule has 1 fully saturated rings. The highest BCUT2D eigenvalue weighted by atomic mass is 14.6. The van der Waals surface area contributed by atoms with E-state index in [0.29, 0.717) is 0 Å². The summed E-state index contributed by atoms with van der Waals surface area (Å²) in [6.45, 7) is 0. The van der Waals surface area contributed by atoms with Gasteiger partial charge in [-0.25, -0.2) is 0 Å². The molecule has 1 saturated carbocycles. The lowest BCUT2D eigenvalue weighted by Gasteiger charge is -2.00. The molecule has 1 aromatic heterocycles. The maximum atomic E-state index is 4.05. The van der Waals surface area contributed by atoms with Crippen LogP contribution in [0.15, 0.2) is 54.9 Å². The van der Waals surface area contributed by atoms with E-state index in [9.17, 15) is 0 Å². The van der Waals surface area contributed by atoms with E-state index in [1.165, 1.54) is 17.5 Å². The number of pyridine rings is 1. The Labute approximate surface area is 89.8 Å². The maximum Gasteiger partial charge on any atom is 0.0270 e. The van der Waals surface area contributed by atoms with Crippen LogP contribution in [0, 0.1) is 0 Å². The van der Waals surface area contributed by atoms with Gasteiger partial charge in [-0.3, -0.25) is 4.98 Å². The highest BCUT2D eigenvalue weighted by Crippen LogP contribution is 2.54. The van der Waals surface area contributed by atoms with Crippen molar-refractivity contribution in [3.05, 3.63) is 66.0 Å². The van der Waals surface area contributed by atoms with E-state index in [1.807, 2.05) is 12.4 Å². The molecule has 15 heavy (non-hydrogen) atoms. The molecule has 2 unspecified atom stereocenters. The fraction of sp³-hybridized carbons (Fsp3) is 0.214. The van der Waals surface area contributed by atoms with Gasteiger partial charge in [0.1, 0.15) is 0 Å². The number of nitrogens with zero attached hydrogens (tertiary/aromatic N) is 1. The molecular formula is C14H13N. The van der Waals surface area contributed by atoms with Crippen molar-refractivity contribution in [1.82, 2.24) is 4.98 Å². The Morgan fingerprint density at radius 1 is 0.800 bits per heavy atom. The highest BCUT2D eigenvalue weighted by molar-refractivity contribution is 5.35. The van der Waals surface area contributed by atoms with Crippen LogP contribution in [-0.2, 0) is 0 Å². The summed E-state index contributed by atoms with van der Waals surface area (Å²) in [6.07, 6.45) is 5.06. The number of hydrogen-bond acceptors (Lipinski definition) is 1. The number of hydrogen-bond donors (Lipinski definition) is 0. The summed E-state index contributed by atoms with van der Waals surface area (Å²) in [5.41, 5.74) is 2.90. The van der Waals surface area contributed by atoms with Gasteiger partial charge in [0.2, 0.25) is 0 Å². The quantitative estimate of drug-likeness (QED) is 0.716. The van der Waals surface area contributed by atoms with Crippen LogP contribution in [0.2, 0.25) is 0 Å². The van der Waals surface area contributed by atoms with E-state index < -0.39 is 0 Å². The Kier molecular flexibility index (Phi) is 2.02. The van der Waals surface area contributed by atoms with Crippen molar-refractivity contribution in [2.45, 2.75) is 18.3 Å². The van der Waals surface area contributed by atoms with Crippen LogP contribution in [0.1, 0.15) is 29.4 Å². The fourth-order valence-electron chi connectivity index (χ4n) is 2.24. The standard InChI is InChI=1S/C14H13N/c1-2-4-11(5-3-1)13-10-14(13)12-6-8-15-9-7-12/h1-9,13-14H,10H2. The average molecular weight is 195 g/mol. The average Bonchev–Trinajstić information content (AvgIpc) is 3.11. The van der Waals surface area contributed by atoms with Crippen molar-refractivity contribution < 1.29 is 0 Å². The van der Waals surface area contributed by atoms with E-state index in [2.05, 4.69) is 47.4 Å². The van der Waals surface area contributed by atoms with Crippen LogP contribution in [0.4, 0.5) is 0 Å². The minimum absolute atomic E-state index is 0.718. The first-order chi connectivity index (χ1) is 7.45. The largest absolute Gasteiger partial charge is 0.265 e. The van der Waals surface area contributed by atoms with Crippen LogP contribution in [0.5, 0.6) is 0 Å². The van der Waals surface area contributed by atoms with Crippen molar-refractivity contribution in [3.8, 4) is 0 Å². The summed E-state index contributed by atoms with van der Waals surface area (Å²) in [5.74, 6) is 1.45. The zero-order chi connectivity index (χ0) is 10.1. The van der Waals surface area contributed by atoms with Gasteiger partial charge in [0.05, 0.1) is 0 Å². The lowest BCUT2D eigenvalue weighted by molar-refractivity contribution is 1.02. The summed E-state index contributed by atoms with van der Waals surface area (Å²) in [4.78, 5) is 4.05.